The third-order valence-corrected chi connectivity index (χ3v) is 2.36. The number of alkyl halides is 3. The zero-order chi connectivity index (χ0) is 12.3. The zero-order valence-corrected chi connectivity index (χ0v) is 9.62. The van der Waals surface area contributed by atoms with Crippen LogP contribution in [0.4, 0.5) is 19.0 Å². The minimum atomic E-state index is -4.47. The molecule has 1 aromatic heterocycles. The Kier molecular flexibility index (Phi) is 4.03. The van der Waals surface area contributed by atoms with Gasteiger partial charge in [-0.3, -0.25) is 0 Å². The van der Waals surface area contributed by atoms with Crippen molar-refractivity contribution in [1.82, 2.24) is 4.98 Å². The van der Waals surface area contributed by atoms with E-state index in [0.29, 0.717) is 6.20 Å². The number of thioether (sulfide) groups is 1. The fraction of sp³-hybridized carbons (Fsp3) is 0.250. The monoisotopic (exact) mass is 269 g/mol. The van der Waals surface area contributed by atoms with Gasteiger partial charge in [-0.2, -0.15) is 13.2 Å². The van der Waals surface area contributed by atoms with Gasteiger partial charge in [0.15, 0.2) is 11.0 Å². The Morgan fingerprint density at radius 3 is 2.62 bits per heavy atom. The quantitative estimate of drug-likeness (QED) is 0.630. The Morgan fingerprint density at radius 1 is 1.56 bits per heavy atom. The number of nitrogens with zero attached hydrogens (tertiary/aromatic N) is 2. The van der Waals surface area contributed by atoms with Gasteiger partial charge < -0.3 is 5.73 Å². The van der Waals surface area contributed by atoms with Gasteiger partial charge in [-0.15, -0.1) is 0 Å². The first-order valence-electron chi connectivity index (χ1n) is 3.95. The lowest BCUT2D eigenvalue weighted by Crippen LogP contribution is -2.07. The number of pyridine rings is 1. The van der Waals surface area contributed by atoms with Crippen LogP contribution in [0.3, 0.4) is 0 Å². The third kappa shape index (κ3) is 3.28. The lowest BCUT2D eigenvalue weighted by molar-refractivity contribution is -0.137. The standard InChI is InChI=1S/C8H7ClF3N3S/c1-16-7(13)15-6-5(9)2-4(3-14-6)8(10,11)12/h2-3H,1H3,(H2,13,14,15). The van der Waals surface area contributed by atoms with Crippen molar-refractivity contribution in [1.29, 1.82) is 0 Å². The molecular formula is C8H7ClF3N3S. The maximum atomic E-state index is 12.3. The molecule has 0 aliphatic rings. The van der Waals surface area contributed by atoms with Crippen molar-refractivity contribution in [3.05, 3.63) is 22.8 Å². The Hall–Kier alpha value is -0.950. The van der Waals surface area contributed by atoms with E-state index in [1.807, 2.05) is 0 Å². The van der Waals surface area contributed by atoms with Gasteiger partial charge in [0.05, 0.1) is 10.6 Å². The molecule has 0 aliphatic carbocycles. The van der Waals surface area contributed by atoms with Crippen LogP contribution in [0.15, 0.2) is 17.3 Å². The van der Waals surface area contributed by atoms with Gasteiger partial charge in [-0.1, -0.05) is 23.4 Å². The lowest BCUT2D eigenvalue weighted by Gasteiger charge is -2.07. The van der Waals surface area contributed by atoms with Gasteiger partial charge in [0, 0.05) is 6.20 Å². The summed E-state index contributed by atoms with van der Waals surface area (Å²) in [7, 11) is 0. The molecule has 0 radical (unpaired) electrons. The highest BCUT2D eigenvalue weighted by molar-refractivity contribution is 8.13. The molecule has 2 N–H and O–H groups in total. The van der Waals surface area contributed by atoms with Crippen molar-refractivity contribution in [2.45, 2.75) is 6.18 Å². The largest absolute Gasteiger partial charge is 0.417 e. The summed E-state index contributed by atoms with van der Waals surface area (Å²) in [6.07, 6.45) is -2.13. The number of aliphatic imine (C=N–C) groups is 1. The highest BCUT2D eigenvalue weighted by Gasteiger charge is 2.31. The summed E-state index contributed by atoms with van der Waals surface area (Å²) in [4.78, 5) is 7.25. The van der Waals surface area contributed by atoms with Crippen LogP contribution in [0.1, 0.15) is 5.56 Å². The molecule has 0 fully saturated rings. The number of amidine groups is 1. The molecule has 1 heterocycles. The van der Waals surface area contributed by atoms with Crippen LogP contribution in [0.2, 0.25) is 5.02 Å². The van der Waals surface area contributed by atoms with Crippen LogP contribution in [-0.4, -0.2) is 16.4 Å². The number of halogens is 4. The molecule has 8 heteroatoms. The Balaban J connectivity index is 3.10. The van der Waals surface area contributed by atoms with Crippen molar-refractivity contribution in [3.8, 4) is 0 Å². The van der Waals surface area contributed by atoms with E-state index in [-0.39, 0.29) is 16.0 Å². The molecule has 0 aromatic carbocycles. The molecule has 88 valence electrons. The number of rotatable bonds is 1. The first-order chi connectivity index (χ1) is 7.34. The summed E-state index contributed by atoms with van der Waals surface area (Å²) >= 11 is 6.75. The van der Waals surface area contributed by atoms with Crippen LogP contribution in [0, 0.1) is 0 Å². The van der Waals surface area contributed by atoms with Crippen molar-refractivity contribution in [2.75, 3.05) is 6.26 Å². The van der Waals surface area contributed by atoms with Gasteiger partial charge in [-0.25, -0.2) is 9.98 Å². The SMILES string of the molecule is CSC(N)=Nc1ncc(C(F)(F)F)cc1Cl. The summed E-state index contributed by atoms with van der Waals surface area (Å²) in [5.74, 6) is -0.0264. The summed E-state index contributed by atoms with van der Waals surface area (Å²) in [6.45, 7) is 0. The van der Waals surface area contributed by atoms with Gasteiger partial charge in [0.25, 0.3) is 0 Å². The minimum Gasteiger partial charge on any atom is -0.378 e. The first-order valence-corrected chi connectivity index (χ1v) is 5.55. The van der Waals surface area contributed by atoms with E-state index in [9.17, 15) is 13.2 Å². The normalized spacial score (nSPS) is 12.9. The highest BCUT2D eigenvalue weighted by atomic mass is 35.5. The van der Waals surface area contributed by atoms with E-state index >= 15 is 0 Å². The van der Waals surface area contributed by atoms with Crippen LogP contribution < -0.4 is 5.73 Å². The lowest BCUT2D eigenvalue weighted by atomic mass is 10.3. The van der Waals surface area contributed by atoms with E-state index in [2.05, 4.69) is 9.98 Å². The smallest absolute Gasteiger partial charge is 0.378 e. The first kappa shape index (κ1) is 13.1. The fourth-order valence-electron chi connectivity index (χ4n) is 0.818. The van der Waals surface area contributed by atoms with Crippen LogP contribution in [-0.2, 0) is 6.18 Å². The number of aromatic nitrogens is 1. The average molecular weight is 270 g/mol. The van der Waals surface area contributed by atoms with Gasteiger partial charge in [0.2, 0.25) is 0 Å². The van der Waals surface area contributed by atoms with E-state index in [0.717, 1.165) is 17.8 Å². The van der Waals surface area contributed by atoms with Crippen LogP contribution >= 0.6 is 23.4 Å². The van der Waals surface area contributed by atoms with E-state index in [4.69, 9.17) is 17.3 Å². The predicted molar refractivity (Wildman–Crippen MR) is 59.0 cm³/mol. The molecule has 3 nitrogen and oxygen atoms in total. The highest BCUT2D eigenvalue weighted by Crippen LogP contribution is 2.33. The molecule has 0 saturated carbocycles. The predicted octanol–water partition coefficient (Wildman–Crippen LogP) is 3.06. The van der Waals surface area contributed by atoms with Crippen molar-refractivity contribution >= 4 is 34.3 Å². The van der Waals surface area contributed by atoms with Gasteiger partial charge >= 0.3 is 6.18 Å². The maximum absolute atomic E-state index is 12.3. The zero-order valence-electron chi connectivity index (χ0n) is 8.05. The van der Waals surface area contributed by atoms with E-state index < -0.39 is 11.7 Å². The van der Waals surface area contributed by atoms with E-state index in [1.54, 1.807) is 6.26 Å². The second-order valence-corrected chi connectivity index (χ2v) is 3.92. The number of nitrogens with two attached hydrogens (primary N) is 1. The topological polar surface area (TPSA) is 51.3 Å². The molecule has 0 spiro atoms. The molecule has 0 saturated heterocycles. The van der Waals surface area contributed by atoms with Gasteiger partial charge in [0.1, 0.15) is 0 Å². The second kappa shape index (κ2) is 4.92. The third-order valence-electron chi connectivity index (χ3n) is 1.57. The molecule has 0 aliphatic heterocycles. The summed E-state index contributed by atoms with van der Waals surface area (Å²) in [5.41, 5.74) is 4.47. The molecule has 16 heavy (non-hydrogen) atoms. The van der Waals surface area contributed by atoms with Crippen molar-refractivity contribution in [3.63, 3.8) is 0 Å². The minimum absolute atomic E-state index is 0.0264. The maximum Gasteiger partial charge on any atom is 0.417 e. The molecular weight excluding hydrogens is 263 g/mol. The van der Waals surface area contributed by atoms with Crippen LogP contribution in [0.5, 0.6) is 0 Å². The number of hydrogen-bond donors (Lipinski definition) is 1. The molecule has 0 atom stereocenters. The second-order valence-electron chi connectivity index (χ2n) is 2.68. The molecule has 0 unspecified atom stereocenters. The summed E-state index contributed by atoms with van der Waals surface area (Å²) in [5, 5.41) is -0.0130. The summed E-state index contributed by atoms with van der Waals surface area (Å²) < 4.78 is 36.8. The Bertz CT molecular complexity index is 419. The summed E-state index contributed by atoms with van der Waals surface area (Å²) in [6, 6.07) is 0.765. The average Bonchev–Trinajstić information content (AvgIpc) is 2.19. The Morgan fingerprint density at radius 2 is 2.19 bits per heavy atom. The fourth-order valence-corrected chi connectivity index (χ4v) is 1.20. The van der Waals surface area contributed by atoms with Gasteiger partial charge in [-0.05, 0) is 12.3 Å². The molecule has 0 amide bonds. The molecule has 1 aromatic rings. The Labute approximate surface area is 98.9 Å². The number of hydrogen-bond acceptors (Lipinski definition) is 3. The van der Waals surface area contributed by atoms with E-state index in [1.165, 1.54) is 0 Å². The van der Waals surface area contributed by atoms with Crippen LogP contribution in [0.25, 0.3) is 0 Å². The molecule has 1 rings (SSSR count). The van der Waals surface area contributed by atoms with Crippen molar-refractivity contribution < 1.29 is 13.2 Å². The van der Waals surface area contributed by atoms with Crippen molar-refractivity contribution in [2.24, 2.45) is 10.7 Å². The molecule has 0 bridgehead atoms.